The topological polar surface area (TPSA) is 127 Å². The third-order valence-corrected chi connectivity index (χ3v) is 7.68. The number of fused-ring (bicyclic) bond motifs is 2. The lowest BCUT2D eigenvalue weighted by Gasteiger charge is -2.39. The van der Waals surface area contributed by atoms with Crippen molar-refractivity contribution in [3.63, 3.8) is 0 Å². The van der Waals surface area contributed by atoms with E-state index >= 15 is 0 Å². The fourth-order valence-corrected chi connectivity index (χ4v) is 5.18. The summed E-state index contributed by atoms with van der Waals surface area (Å²) in [6.07, 6.45) is 5.87. The zero-order valence-corrected chi connectivity index (χ0v) is 27.4. The van der Waals surface area contributed by atoms with E-state index in [1.54, 1.807) is 0 Å². The monoisotopic (exact) mass is 598 g/mol. The first kappa shape index (κ1) is 36.0. The van der Waals surface area contributed by atoms with Crippen LogP contribution in [0.2, 0.25) is 0 Å². The van der Waals surface area contributed by atoms with Gasteiger partial charge in [-0.25, -0.2) is 4.98 Å². The Morgan fingerprint density at radius 3 is 2.42 bits per heavy atom. The fourth-order valence-electron chi connectivity index (χ4n) is 5.18. The number of carbonyl (C=O) groups excluding carboxylic acids is 1. The summed E-state index contributed by atoms with van der Waals surface area (Å²) >= 11 is 0. The predicted octanol–water partition coefficient (Wildman–Crippen LogP) is 5.77. The molecule has 4 rings (SSSR count). The van der Waals surface area contributed by atoms with Crippen molar-refractivity contribution in [2.24, 2.45) is 5.73 Å². The van der Waals surface area contributed by atoms with Gasteiger partial charge in [0.05, 0.1) is 12.2 Å². The van der Waals surface area contributed by atoms with Crippen LogP contribution in [-0.2, 0) is 40.1 Å². The quantitative estimate of drug-likeness (QED) is 0.298. The normalized spacial score (nSPS) is 14.5. The van der Waals surface area contributed by atoms with Crippen LogP contribution < -0.4 is 15.8 Å². The average molecular weight is 599 g/mol. The van der Waals surface area contributed by atoms with Gasteiger partial charge >= 0.3 is 0 Å². The van der Waals surface area contributed by atoms with Gasteiger partial charge in [0.25, 0.3) is 5.97 Å². The van der Waals surface area contributed by atoms with Gasteiger partial charge in [-0.2, -0.15) is 0 Å². The van der Waals surface area contributed by atoms with Crippen LogP contribution in [-0.4, -0.2) is 64.3 Å². The van der Waals surface area contributed by atoms with Crippen LogP contribution in [0, 0.1) is 0 Å². The first-order valence-corrected chi connectivity index (χ1v) is 15.7. The van der Waals surface area contributed by atoms with Gasteiger partial charge in [-0.3, -0.25) is 9.59 Å². The number of carboxylic acids is 1. The number of aryl methyl sites for hydroxylation is 2. The highest BCUT2D eigenvalue weighted by Crippen LogP contribution is 2.30. The molecule has 0 fully saturated rings. The second kappa shape index (κ2) is 17.2. The van der Waals surface area contributed by atoms with Crippen LogP contribution in [0.4, 0.5) is 5.82 Å². The highest BCUT2D eigenvalue weighted by molar-refractivity contribution is 5.78. The maximum atomic E-state index is 13.1. The Morgan fingerprint density at radius 2 is 1.72 bits per heavy atom. The molecule has 9 heteroatoms. The van der Waals surface area contributed by atoms with E-state index in [-0.39, 0.29) is 17.0 Å². The highest BCUT2D eigenvalue weighted by Gasteiger charge is 2.33. The molecule has 0 saturated carbocycles. The number of carbonyl (C=O) groups is 2. The van der Waals surface area contributed by atoms with E-state index in [0.717, 1.165) is 74.8 Å². The van der Waals surface area contributed by atoms with Gasteiger partial charge in [0.2, 0.25) is 5.91 Å². The third kappa shape index (κ3) is 11.8. The Balaban J connectivity index is 0.000000993. The molecule has 1 aromatic carbocycles. The molecule has 2 aromatic rings. The van der Waals surface area contributed by atoms with Gasteiger partial charge in [-0.15, -0.1) is 0 Å². The molecule has 0 bridgehead atoms. The lowest BCUT2D eigenvalue weighted by atomic mass is 9.96. The van der Waals surface area contributed by atoms with Crippen molar-refractivity contribution < 1.29 is 24.2 Å². The van der Waals surface area contributed by atoms with Gasteiger partial charge < -0.3 is 30.5 Å². The summed E-state index contributed by atoms with van der Waals surface area (Å²) in [7, 11) is 0. The van der Waals surface area contributed by atoms with Crippen molar-refractivity contribution in [1.29, 1.82) is 0 Å². The molecule has 240 valence electrons. The Hall–Kier alpha value is -3.17. The summed E-state index contributed by atoms with van der Waals surface area (Å²) in [6.45, 7) is 16.8. The lowest BCUT2D eigenvalue weighted by Crippen LogP contribution is -2.47. The molecule has 0 spiro atoms. The summed E-state index contributed by atoms with van der Waals surface area (Å²) in [5.74, 6) is 1.22. The number of carboxylic acid groups (broad SMARTS) is 1. The molecule has 4 N–H and O–H groups in total. The molecule has 0 unspecified atom stereocenters. The summed E-state index contributed by atoms with van der Waals surface area (Å²) < 4.78 is 12.3. The number of aromatic nitrogens is 1. The maximum Gasteiger partial charge on any atom is 0.300 e. The minimum Gasteiger partial charge on any atom is -0.493 e. The van der Waals surface area contributed by atoms with Gasteiger partial charge in [-0.1, -0.05) is 26.0 Å². The van der Waals surface area contributed by atoms with Gasteiger partial charge in [0.1, 0.15) is 11.6 Å². The first-order valence-electron chi connectivity index (χ1n) is 15.7. The van der Waals surface area contributed by atoms with Gasteiger partial charge in [0.15, 0.2) is 0 Å². The van der Waals surface area contributed by atoms with Crippen LogP contribution in [0.1, 0.15) is 96.5 Å². The van der Waals surface area contributed by atoms with Crippen LogP contribution in [0.15, 0.2) is 30.3 Å². The number of ether oxygens (including phenoxy) is 2. The SMILES string of the molecule is CC.CC(=O)O.CC(C)(CCN)OCCC(C)(C)N1Cc2cc(OCCc3ccc4c(n3)NCCC4)ccc2CCC1=O. The van der Waals surface area contributed by atoms with Crippen molar-refractivity contribution in [1.82, 2.24) is 9.88 Å². The average Bonchev–Trinajstić information content (AvgIpc) is 3.12. The number of hydrogen-bond acceptors (Lipinski definition) is 7. The van der Waals surface area contributed by atoms with E-state index in [9.17, 15) is 4.79 Å². The van der Waals surface area contributed by atoms with E-state index in [1.165, 1.54) is 11.1 Å². The number of nitrogens with two attached hydrogens (primary N) is 1. The van der Waals surface area contributed by atoms with Crippen LogP contribution in [0.5, 0.6) is 5.75 Å². The molecule has 0 saturated heterocycles. The number of hydrogen-bond donors (Lipinski definition) is 3. The number of pyridine rings is 1. The van der Waals surface area contributed by atoms with E-state index in [0.29, 0.717) is 32.7 Å². The zero-order valence-electron chi connectivity index (χ0n) is 27.4. The number of nitrogens with one attached hydrogen (secondary N) is 1. The minimum absolute atomic E-state index is 0.192. The van der Waals surface area contributed by atoms with E-state index in [1.807, 2.05) is 24.8 Å². The number of amides is 1. The van der Waals surface area contributed by atoms with Gasteiger partial charge in [-0.05, 0) is 101 Å². The molecule has 2 aliphatic rings. The number of benzene rings is 1. The van der Waals surface area contributed by atoms with E-state index in [4.69, 9.17) is 30.1 Å². The van der Waals surface area contributed by atoms with Crippen LogP contribution in [0.3, 0.4) is 0 Å². The van der Waals surface area contributed by atoms with Crippen molar-refractivity contribution in [2.75, 3.05) is 31.6 Å². The number of anilines is 1. The molecule has 9 nitrogen and oxygen atoms in total. The van der Waals surface area contributed by atoms with Crippen molar-refractivity contribution in [3.05, 3.63) is 52.7 Å². The molecular weight excluding hydrogens is 544 g/mol. The lowest BCUT2D eigenvalue weighted by molar-refractivity contribution is -0.138. The summed E-state index contributed by atoms with van der Waals surface area (Å²) in [4.78, 5) is 28.9. The molecule has 0 aliphatic carbocycles. The first-order chi connectivity index (χ1) is 20.4. The largest absolute Gasteiger partial charge is 0.493 e. The van der Waals surface area contributed by atoms with Crippen LogP contribution >= 0.6 is 0 Å². The second-order valence-electron chi connectivity index (χ2n) is 12.1. The maximum absolute atomic E-state index is 13.1. The smallest absolute Gasteiger partial charge is 0.300 e. The molecular formula is C34H54N4O5. The second-order valence-corrected chi connectivity index (χ2v) is 12.1. The molecule has 43 heavy (non-hydrogen) atoms. The summed E-state index contributed by atoms with van der Waals surface area (Å²) in [6, 6.07) is 10.6. The van der Waals surface area contributed by atoms with Crippen LogP contribution in [0.25, 0.3) is 0 Å². The molecule has 1 aromatic heterocycles. The number of nitrogens with zero attached hydrogens (tertiary/aromatic N) is 2. The molecule has 0 radical (unpaired) electrons. The Labute approximate surface area is 258 Å². The van der Waals surface area contributed by atoms with E-state index < -0.39 is 5.97 Å². The predicted molar refractivity (Wildman–Crippen MR) is 173 cm³/mol. The molecule has 0 atom stereocenters. The number of aliphatic carboxylic acids is 1. The Morgan fingerprint density at radius 1 is 1.02 bits per heavy atom. The van der Waals surface area contributed by atoms with Crippen molar-refractivity contribution in [3.8, 4) is 5.75 Å². The van der Waals surface area contributed by atoms with Crippen molar-refractivity contribution in [2.45, 2.75) is 111 Å². The minimum atomic E-state index is -0.833. The molecule has 3 heterocycles. The molecule has 1 amide bonds. The Bertz CT molecular complexity index is 1180. The molecule has 2 aliphatic heterocycles. The summed E-state index contributed by atoms with van der Waals surface area (Å²) in [5.41, 5.74) is 9.87. The Kier molecular flexibility index (Phi) is 14.4. The third-order valence-electron chi connectivity index (χ3n) is 7.68. The zero-order chi connectivity index (χ0) is 32.0. The summed E-state index contributed by atoms with van der Waals surface area (Å²) in [5, 5.41) is 10.8. The standard InChI is InChI=1S/C30H44N4O3.C2H4O2.C2H6/c1-29(2,15-19-37-30(3,4)14-16-31)34-21-24-20-26(11-8-22(24)9-12-27(34)35)36-18-13-25-10-7-23-6-5-17-32-28(23)33-25;1-2(3)4;1-2/h7-8,10-11,20H,5-6,9,12-19,21,31H2,1-4H3,(H,32,33);1H3,(H,3,4);1-2H3. The van der Waals surface area contributed by atoms with Crippen molar-refractivity contribution >= 4 is 17.7 Å². The number of rotatable bonds is 11. The van der Waals surface area contributed by atoms with Gasteiger partial charge in [0, 0.05) is 50.7 Å². The fraction of sp³-hybridized carbons (Fsp3) is 0.618. The van der Waals surface area contributed by atoms with E-state index in [2.05, 4.69) is 57.3 Å². The highest BCUT2D eigenvalue weighted by atomic mass is 16.5.